The SMILES string of the molecule is CCCCN(C)C(=NCc1ccc(C(=O)OC)cc1)NCC.I. The minimum atomic E-state index is -0.317. The summed E-state index contributed by atoms with van der Waals surface area (Å²) >= 11 is 0. The van der Waals surface area contributed by atoms with Crippen molar-refractivity contribution >= 4 is 35.9 Å². The van der Waals surface area contributed by atoms with E-state index in [1.54, 1.807) is 12.1 Å². The maximum atomic E-state index is 11.4. The van der Waals surface area contributed by atoms with Crippen LogP contribution in [0.4, 0.5) is 0 Å². The fraction of sp³-hybridized carbons (Fsp3) is 0.529. The monoisotopic (exact) mass is 433 g/mol. The molecule has 0 aromatic heterocycles. The van der Waals surface area contributed by atoms with E-state index in [4.69, 9.17) is 4.74 Å². The molecule has 1 N–H and O–H groups in total. The number of aliphatic imine (C=N–C) groups is 1. The van der Waals surface area contributed by atoms with Crippen molar-refractivity contribution in [3.05, 3.63) is 35.4 Å². The Balaban J connectivity index is 0.00000484. The lowest BCUT2D eigenvalue weighted by Gasteiger charge is -2.21. The van der Waals surface area contributed by atoms with Crippen molar-refractivity contribution in [2.75, 3.05) is 27.2 Å². The van der Waals surface area contributed by atoms with Crippen LogP contribution in [0.1, 0.15) is 42.6 Å². The van der Waals surface area contributed by atoms with Gasteiger partial charge >= 0.3 is 5.97 Å². The van der Waals surface area contributed by atoms with E-state index < -0.39 is 0 Å². The minimum Gasteiger partial charge on any atom is -0.465 e. The fourth-order valence-corrected chi connectivity index (χ4v) is 2.00. The number of nitrogens with one attached hydrogen (secondary N) is 1. The second-order valence-electron chi connectivity index (χ2n) is 5.13. The molecule has 0 unspecified atom stereocenters. The van der Waals surface area contributed by atoms with Crippen molar-refractivity contribution < 1.29 is 9.53 Å². The summed E-state index contributed by atoms with van der Waals surface area (Å²) in [6, 6.07) is 7.35. The number of guanidine groups is 1. The molecule has 0 atom stereocenters. The van der Waals surface area contributed by atoms with Gasteiger partial charge in [-0.05, 0) is 31.0 Å². The number of hydrogen-bond acceptors (Lipinski definition) is 3. The van der Waals surface area contributed by atoms with Crippen molar-refractivity contribution in [1.82, 2.24) is 10.2 Å². The Morgan fingerprint density at radius 2 is 1.91 bits per heavy atom. The average Bonchev–Trinajstić information content (AvgIpc) is 2.56. The lowest BCUT2D eigenvalue weighted by atomic mass is 10.1. The molecule has 0 radical (unpaired) electrons. The first-order chi connectivity index (χ1) is 10.6. The zero-order chi connectivity index (χ0) is 16.4. The summed E-state index contributed by atoms with van der Waals surface area (Å²) in [5, 5.41) is 3.30. The fourth-order valence-electron chi connectivity index (χ4n) is 2.00. The summed E-state index contributed by atoms with van der Waals surface area (Å²) in [5.74, 6) is 0.593. The minimum absolute atomic E-state index is 0. The van der Waals surface area contributed by atoms with Gasteiger partial charge in [-0.3, -0.25) is 0 Å². The van der Waals surface area contributed by atoms with Crippen molar-refractivity contribution in [1.29, 1.82) is 0 Å². The zero-order valence-corrected chi connectivity index (χ0v) is 16.8. The molecule has 23 heavy (non-hydrogen) atoms. The van der Waals surface area contributed by atoms with Gasteiger partial charge in [-0.15, -0.1) is 24.0 Å². The summed E-state index contributed by atoms with van der Waals surface area (Å²) in [6.07, 6.45) is 2.31. The Morgan fingerprint density at radius 1 is 1.26 bits per heavy atom. The number of rotatable bonds is 7. The summed E-state index contributed by atoms with van der Waals surface area (Å²) < 4.78 is 4.69. The smallest absolute Gasteiger partial charge is 0.337 e. The van der Waals surface area contributed by atoms with Crippen LogP contribution in [-0.2, 0) is 11.3 Å². The lowest BCUT2D eigenvalue weighted by Crippen LogP contribution is -2.39. The molecule has 0 aliphatic heterocycles. The molecule has 1 aromatic rings. The van der Waals surface area contributed by atoms with Gasteiger partial charge in [0.2, 0.25) is 0 Å². The third-order valence-corrected chi connectivity index (χ3v) is 3.33. The first kappa shape index (κ1) is 21.7. The summed E-state index contributed by atoms with van der Waals surface area (Å²) in [6.45, 7) is 6.66. The molecule has 1 rings (SSSR count). The molecule has 130 valence electrons. The largest absolute Gasteiger partial charge is 0.465 e. The highest BCUT2D eigenvalue weighted by Crippen LogP contribution is 2.07. The first-order valence-electron chi connectivity index (χ1n) is 7.79. The van der Waals surface area contributed by atoms with Gasteiger partial charge in [0.25, 0.3) is 0 Å². The van der Waals surface area contributed by atoms with Gasteiger partial charge in [-0.2, -0.15) is 0 Å². The summed E-state index contributed by atoms with van der Waals surface area (Å²) in [5.41, 5.74) is 1.62. The molecule has 0 saturated carbocycles. The predicted molar refractivity (Wildman–Crippen MR) is 106 cm³/mol. The van der Waals surface area contributed by atoms with Gasteiger partial charge in [0.05, 0.1) is 19.2 Å². The number of esters is 1. The number of carbonyl (C=O) groups excluding carboxylic acids is 1. The average molecular weight is 433 g/mol. The van der Waals surface area contributed by atoms with E-state index in [-0.39, 0.29) is 29.9 Å². The van der Waals surface area contributed by atoms with Gasteiger partial charge in [0.15, 0.2) is 5.96 Å². The van der Waals surface area contributed by atoms with E-state index in [0.717, 1.165) is 31.0 Å². The topological polar surface area (TPSA) is 53.9 Å². The molecule has 0 spiro atoms. The lowest BCUT2D eigenvalue weighted by molar-refractivity contribution is 0.0600. The van der Waals surface area contributed by atoms with Crippen LogP contribution in [0.3, 0.4) is 0 Å². The number of unbranched alkanes of at least 4 members (excludes halogenated alkanes) is 1. The molecule has 0 saturated heterocycles. The molecule has 0 amide bonds. The van der Waals surface area contributed by atoms with Gasteiger partial charge in [0.1, 0.15) is 0 Å². The number of ether oxygens (including phenoxy) is 1. The van der Waals surface area contributed by atoms with Gasteiger partial charge in [0, 0.05) is 20.1 Å². The van der Waals surface area contributed by atoms with E-state index in [0.29, 0.717) is 12.1 Å². The van der Waals surface area contributed by atoms with Crippen LogP contribution in [-0.4, -0.2) is 44.1 Å². The maximum absolute atomic E-state index is 11.4. The normalized spacial score (nSPS) is 10.7. The van der Waals surface area contributed by atoms with Crippen molar-refractivity contribution in [3.63, 3.8) is 0 Å². The van der Waals surface area contributed by atoms with Crippen molar-refractivity contribution in [3.8, 4) is 0 Å². The van der Waals surface area contributed by atoms with E-state index in [9.17, 15) is 4.79 Å². The van der Waals surface area contributed by atoms with Crippen molar-refractivity contribution in [2.24, 2.45) is 4.99 Å². The Labute approximate surface area is 156 Å². The van der Waals surface area contributed by atoms with E-state index in [2.05, 4.69) is 36.1 Å². The third-order valence-electron chi connectivity index (χ3n) is 3.33. The Kier molecular flexibility index (Phi) is 11.5. The third kappa shape index (κ3) is 7.67. The molecule has 6 heteroatoms. The van der Waals surface area contributed by atoms with Gasteiger partial charge in [-0.1, -0.05) is 25.5 Å². The summed E-state index contributed by atoms with van der Waals surface area (Å²) in [4.78, 5) is 18.2. The van der Waals surface area contributed by atoms with Crippen LogP contribution in [0.2, 0.25) is 0 Å². The Bertz CT molecular complexity index is 489. The van der Waals surface area contributed by atoms with Crippen LogP contribution in [0, 0.1) is 0 Å². The molecule has 0 aliphatic rings. The van der Waals surface area contributed by atoms with E-state index in [1.807, 2.05) is 12.1 Å². The highest BCUT2D eigenvalue weighted by molar-refractivity contribution is 14.0. The zero-order valence-electron chi connectivity index (χ0n) is 14.5. The summed E-state index contributed by atoms with van der Waals surface area (Å²) in [7, 11) is 3.44. The maximum Gasteiger partial charge on any atom is 0.337 e. The van der Waals surface area contributed by atoms with Crippen LogP contribution in [0.15, 0.2) is 29.3 Å². The second kappa shape index (κ2) is 12.2. The van der Waals surface area contributed by atoms with Crippen molar-refractivity contribution in [2.45, 2.75) is 33.2 Å². The highest BCUT2D eigenvalue weighted by Gasteiger charge is 2.06. The second-order valence-corrected chi connectivity index (χ2v) is 5.13. The standard InChI is InChI=1S/C17H27N3O2.HI/c1-5-7-12-20(3)17(18-6-2)19-13-14-8-10-15(11-9-14)16(21)22-4;/h8-11H,5-7,12-13H2,1-4H3,(H,18,19);1H. The number of nitrogens with zero attached hydrogens (tertiary/aromatic N) is 2. The van der Waals surface area contributed by atoms with Gasteiger partial charge < -0.3 is 15.0 Å². The Morgan fingerprint density at radius 3 is 2.43 bits per heavy atom. The van der Waals surface area contributed by atoms with Crippen LogP contribution in [0.5, 0.6) is 0 Å². The van der Waals surface area contributed by atoms with E-state index >= 15 is 0 Å². The number of methoxy groups -OCH3 is 1. The molecule has 0 heterocycles. The van der Waals surface area contributed by atoms with Gasteiger partial charge in [-0.25, -0.2) is 9.79 Å². The molecule has 5 nitrogen and oxygen atoms in total. The van der Waals surface area contributed by atoms with Crippen LogP contribution < -0.4 is 5.32 Å². The first-order valence-corrected chi connectivity index (χ1v) is 7.79. The molecule has 0 bridgehead atoms. The molecular weight excluding hydrogens is 405 g/mol. The molecular formula is C17H28IN3O2. The quantitative estimate of drug-likeness (QED) is 0.310. The van der Waals surface area contributed by atoms with E-state index in [1.165, 1.54) is 13.5 Å². The van der Waals surface area contributed by atoms with Crippen LogP contribution in [0.25, 0.3) is 0 Å². The molecule has 1 aromatic carbocycles. The highest BCUT2D eigenvalue weighted by atomic mass is 127. The molecule has 0 aliphatic carbocycles. The molecule has 0 fully saturated rings. The number of benzene rings is 1. The van der Waals surface area contributed by atoms with Crippen LogP contribution >= 0.6 is 24.0 Å². The number of hydrogen-bond donors (Lipinski definition) is 1. The Hall–Kier alpha value is -1.31. The number of carbonyl (C=O) groups is 1. The predicted octanol–water partition coefficient (Wildman–Crippen LogP) is 3.29. The number of halogens is 1.